The van der Waals surface area contributed by atoms with Crippen LogP contribution < -0.4 is 0 Å². The third kappa shape index (κ3) is 17.4. The standard InChI is InChI=1S/C30H50.C27H44.C24H38.2C11H20.C10H18.2C8H14/c1-15(2)22-11-20-10-19(22)12-25(20)30-28-14-21(13-24(28)17(5)6)29(30)27-9-18-7-23(16(3)4)26(27)8-18;1-25(2)13-16-9-18(25)11-19(16)24-22-10-17(14-27(22,5)6)23(24)20-7-15-8-21(20)26(3,4)12-15;1-12-5-17-9-16(12)10-21(17)24-20-11-18(6-14(20)3)23(24)22-8-15-4-13(2)19(22)7-15;2*1-7(2)11-6-9-5-10(11)4-8(9)3;1-7-4-9-5-8(7)6-10(9,2)3;2*1-6-4-7-2-3-8(6)5-7/h15-30H,7-14H2,1-6H3;15-24H,7-14H2,1-6H3;12-24H,4-11H2,1-3H3;2*7-11H,4-6H2,1-3H3;7-9H,4-6H2,1-3H3;2*6-8H,2-5H2,1H3/t;;;2*8-,9+,10-,11+;7-,8+,9-;6-,7+,8+;6-,7-,8-/m...00010/s1/i9T,12T;7T,11T;8T,10T;;;;;. The lowest BCUT2D eigenvalue weighted by Crippen LogP contribution is -2.45. The van der Waals surface area contributed by atoms with Gasteiger partial charge in [0.25, 0.3) is 0 Å². The average Bonchev–Trinajstić information content (AvgIpc) is 1.53. The number of hydrogen-bond donors (Lipinski definition) is 0. The summed E-state index contributed by atoms with van der Waals surface area (Å²) in [6, 6.07) is 0. The van der Waals surface area contributed by atoms with Gasteiger partial charge in [-0.15, -0.1) is 0 Å². The van der Waals surface area contributed by atoms with E-state index >= 15 is 0 Å². The Morgan fingerprint density at radius 2 is 0.597 bits per heavy atom. The summed E-state index contributed by atoms with van der Waals surface area (Å²) in [5.74, 6) is 51.0. The third-order valence-corrected chi connectivity index (χ3v) is 52.1. The number of hydrogen-bond acceptors (Lipinski definition) is 0. The predicted octanol–water partition coefficient (Wildman–Crippen LogP) is 36.5. The van der Waals surface area contributed by atoms with E-state index in [0.29, 0.717) is 92.7 Å². The molecule has 42 unspecified atom stereocenters. The second-order valence-electron chi connectivity index (χ2n) is 62.1. The molecule has 28 saturated carbocycles. The quantitative estimate of drug-likeness (QED) is 0.193. The Labute approximate surface area is 811 Å². The Kier molecular flexibility index (Phi) is 24.6. The van der Waals surface area contributed by atoms with E-state index in [9.17, 15) is 5.48 Å². The third-order valence-electron chi connectivity index (χ3n) is 52.1. The lowest BCUT2D eigenvalue weighted by Gasteiger charge is -2.51. The van der Waals surface area contributed by atoms with Crippen LogP contribution in [0.25, 0.3) is 0 Å². The fourth-order valence-corrected chi connectivity index (χ4v) is 46.2. The van der Waals surface area contributed by atoms with Crippen molar-refractivity contribution >= 4 is 0 Å². The summed E-state index contributed by atoms with van der Waals surface area (Å²) < 4.78 is 55.6. The summed E-state index contributed by atoms with van der Waals surface area (Å²) in [5, 5.41) is 0. The fraction of sp³-hybridized carbons (Fsp3) is 1.00. The van der Waals surface area contributed by atoms with Crippen LogP contribution in [0.1, 0.15) is 451 Å². The van der Waals surface area contributed by atoms with Crippen molar-refractivity contribution in [1.82, 2.24) is 0 Å². The van der Waals surface area contributed by atoms with Crippen LogP contribution in [0.3, 0.4) is 0 Å². The van der Waals surface area contributed by atoms with Crippen LogP contribution >= 0.6 is 0 Å². The first-order valence-electron chi connectivity index (χ1n) is 63.7. The zero-order valence-electron chi connectivity index (χ0n) is 95.7. The maximum Gasteiger partial charge on any atom is 0.0273 e. The minimum absolute atomic E-state index is 0.169. The monoisotopic (exact) mass is 1780 g/mol. The van der Waals surface area contributed by atoms with E-state index in [0.717, 1.165) is 272 Å². The Balaban J connectivity index is 0.0000000978. The van der Waals surface area contributed by atoms with Gasteiger partial charge in [0.05, 0.1) is 0 Å². The van der Waals surface area contributed by atoms with Crippen LogP contribution in [0.2, 0.25) is 0 Å². The maximum absolute atomic E-state index is 9.49. The van der Waals surface area contributed by atoms with E-state index in [2.05, 4.69) is 180 Å². The van der Waals surface area contributed by atoms with Crippen molar-refractivity contribution in [3.63, 3.8) is 0 Å². The smallest absolute Gasteiger partial charge is 0.0273 e. The van der Waals surface area contributed by atoms with Gasteiger partial charge in [-0.1, -0.05) is 193 Å². The Morgan fingerprint density at radius 3 is 1.07 bits per heavy atom. The van der Waals surface area contributed by atoms with E-state index in [-0.39, 0.29) is 38.4 Å². The van der Waals surface area contributed by atoms with Gasteiger partial charge in [0, 0.05) is 8.22 Å². The van der Waals surface area contributed by atoms with Crippen molar-refractivity contribution in [3.05, 3.63) is 0 Å². The summed E-state index contributed by atoms with van der Waals surface area (Å²) in [6.45, 7) is 63.7. The molecule has 0 aromatic rings. The molecule has 129 heavy (non-hydrogen) atoms. The predicted molar refractivity (Wildman–Crippen MR) is 549 cm³/mol. The molecule has 59 atom stereocenters. The van der Waals surface area contributed by atoms with Crippen LogP contribution in [0.15, 0.2) is 0 Å². The summed E-state index contributed by atoms with van der Waals surface area (Å²) >= 11 is 0. The second kappa shape index (κ2) is 36.1. The average molecular weight is 1780 g/mol. The van der Waals surface area contributed by atoms with Gasteiger partial charge in [-0.3, -0.25) is 0 Å². The molecule has 0 N–H and O–H groups in total. The van der Waals surface area contributed by atoms with Gasteiger partial charge in [0.15, 0.2) is 0 Å². The van der Waals surface area contributed by atoms with Crippen LogP contribution in [-0.2, 0) is 0 Å². The van der Waals surface area contributed by atoms with E-state index in [1.165, 1.54) is 148 Å². The Hall–Kier alpha value is 0. The molecule has 0 saturated heterocycles. The minimum atomic E-state index is 0.169. The molecule has 28 aliphatic rings. The van der Waals surface area contributed by atoms with E-state index in [4.69, 9.17) is 2.74 Å². The largest absolute Gasteiger partial charge is 0.0625 e. The highest BCUT2D eigenvalue weighted by Crippen LogP contribution is 2.77. The summed E-state index contributed by atoms with van der Waals surface area (Å²) in [4.78, 5) is 0. The van der Waals surface area contributed by atoms with Gasteiger partial charge < -0.3 is 0 Å². The summed E-state index contributed by atoms with van der Waals surface area (Å²) in [7, 11) is 0. The van der Waals surface area contributed by atoms with Gasteiger partial charge in [0.2, 0.25) is 0 Å². The number of rotatable bonds is 11. The highest BCUT2D eigenvalue weighted by Gasteiger charge is 2.70. The van der Waals surface area contributed by atoms with Crippen molar-refractivity contribution in [2.75, 3.05) is 0 Å². The van der Waals surface area contributed by atoms with Crippen molar-refractivity contribution in [2.24, 2.45) is 365 Å². The van der Waals surface area contributed by atoms with Crippen LogP contribution in [-0.4, -0.2) is 0 Å². The van der Waals surface area contributed by atoms with Crippen molar-refractivity contribution in [1.29, 1.82) is 0 Å². The van der Waals surface area contributed by atoms with Crippen molar-refractivity contribution < 1.29 is 8.22 Å². The first kappa shape index (κ1) is 88.0. The highest BCUT2D eigenvalue weighted by atomic mass is 14.7. The molecule has 0 spiro atoms. The summed E-state index contributed by atoms with van der Waals surface area (Å²) in [6.07, 6.45) is 52.5. The zero-order valence-corrected chi connectivity index (χ0v) is 89.7. The lowest BCUT2D eigenvalue weighted by atomic mass is 9.53. The molecular formula is C129H218. The van der Waals surface area contributed by atoms with Crippen LogP contribution in [0.5, 0.6) is 0 Å². The van der Waals surface area contributed by atoms with Crippen molar-refractivity contribution in [3.8, 4) is 0 Å². The molecule has 0 radical (unpaired) electrons. The molecule has 28 aliphatic carbocycles. The molecule has 0 nitrogen and oxygen atoms in total. The zero-order chi connectivity index (χ0) is 95.7. The molecule has 0 aliphatic heterocycles. The molecule has 734 valence electrons. The topological polar surface area (TPSA) is 0 Å². The molecule has 28 rings (SSSR count). The molecule has 28 bridgehead atoms. The molecule has 0 heteroatoms. The maximum atomic E-state index is 9.49. The number of fused-ring (bicyclic) bond motifs is 28. The van der Waals surface area contributed by atoms with Gasteiger partial charge >= 0.3 is 0 Å². The fourth-order valence-electron chi connectivity index (χ4n) is 46.2. The van der Waals surface area contributed by atoms with Gasteiger partial charge in [-0.25, -0.2) is 0 Å². The highest BCUT2D eigenvalue weighted by molar-refractivity contribution is 5.18. The van der Waals surface area contributed by atoms with E-state index < -0.39 is 0 Å². The van der Waals surface area contributed by atoms with E-state index in [1.54, 1.807) is 77.0 Å². The SMILES string of the molecule is CC(C)[C@H]1C[C@H]2C[C@@H]1C[C@@H]2C.CC(C)[C@H]1C[C@H]2C[C@@H]1C[C@@H]2C.C[C@@H]1C[C@@H]2CC[C@H]1C2.C[C@H]1C[C@@H]2CC[C@H]1C2.C[C@H]1C[C@H]2C[C@@H]1CC2(C)C.[3H]C1C2CC(C1C1C3CC(C1C1C4CC(C1[3H])C(C)(C)C4)C(C)(C)C3)C(C)(C)C2.[3H]C1C2CC(CC2C(C)C)C1C1C2CC(CC2C(C)C)C1C1C([3H])C2CC(C(C)C)C1C2.[3H]C1C2CC(CC2C)C1C1C2CC(CC2C)C1C1C([3H])C2CC(C)C1C2. The second-order valence-corrected chi connectivity index (χ2v) is 62.1. The lowest BCUT2D eigenvalue weighted by molar-refractivity contribution is -0.0318. The first-order valence-corrected chi connectivity index (χ1v) is 60.3. The molecule has 0 amide bonds. The Bertz CT molecular complexity index is 3930. The van der Waals surface area contributed by atoms with Crippen LogP contribution in [0, 0.1) is 365 Å². The van der Waals surface area contributed by atoms with Crippen molar-refractivity contribution in [2.45, 2.75) is 443 Å². The molecule has 0 aromatic heterocycles. The van der Waals surface area contributed by atoms with E-state index in [1.807, 2.05) is 0 Å². The minimum Gasteiger partial charge on any atom is -0.0625 e. The summed E-state index contributed by atoms with van der Waals surface area (Å²) in [5.41, 5.74) is 2.00. The molecular weight excluding hydrogens is 1550 g/mol. The normalized spacial score (nSPS) is 60.7. The first-order chi connectivity index (χ1) is 63.7. The molecule has 0 aromatic carbocycles. The van der Waals surface area contributed by atoms with Gasteiger partial charge in [-0.05, 0) is 615 Å². The molecule has 0 heterocycles. The Morgan fingerprint density at radius 1 is 0.186 bits per heavy atom. The van der Waals surface area contributed by atoms with Gasteiger partial charge in [0.1, 0.15) is 0 Å². The molecule has 28 fully saturated rings. The van der Waals surface area contributed by atoms with Gasteiger partial charge in [-0.2, -0.15) is 0 Å². The van der Waals surface area contributed by atoms with Crippen LogP contribution in [0.4, 0.5) is 0 Å².